The van der Waals surface area contributed by atoms with Crippen molar-refractivity contribution < 1.29 is 0 Å². The summed E-state index contributed by atoms with van der Waals surface area (Å²) in [4.78, 5) is 14.9. The molecule has 0 saturated carbocycles. The predicted octanol–water partition coefficient (Wildman–Crippen LogP) is 0.400. The summed E-state index contributed by atoms with van der Waals surface area (Å²) in [5.74, 6) is 1.41. The first-order chi connectivity index (χ1) is 9.70. The normalized spacial score (nSPS) is 14.8. The third-order valence-corrected chi connectivity index (χ3v) is 3.24. The van der Waals surface area contributed by atoms with Crippen LogP contribution in [0.1, 0.15) is 18.4 Å². The van der Waals surface area contributed by atoms with E-state index in [1.165, 1.54) is 12.8 Å². The van der Waals surface area contributed by atoms with Crippen LogP contribution >= 0.6 is 0 Å². The number of hydrogen-bond acceptors (Lipinski definition) is 7. The minimum Gasteiger partial charge on any atom is -0.368 e. The minimum atomic E-state index is 0.246. The Morgan fingerprint density at radius 1 is 1.25 bits per heavy atom. The second-order valence-corrected chi connectivity index (χ2v) is 4.89. The monoisotopic (exact) mass is 274 g/mol. The van der Waals surface area contributed by atoms with Gasteiger partial charge >= 0.3 is 0 Å². The maximum atomic E-state index is 5.75. The van der Waals surface area contributed by atoms with Crippen LogP contribution in [-0.2, 0) is 13.6 Å². The second-order valence-electron chi connectivity index (χ2n) is 4.89. The molecule has 2 aromatic heterocycles. The zero-order valence-electron chi connectivity index (χ0n) is 11.5. The van der Waals surface area contributed by atoms with Crippen LogP contribution in [0.2, 0.25) is 0 Å². The lowest BCUT2D eigenvalue weighted by Gasteiger charge is -2.15. The molecule has 3 heterocycles. The lowest BCUT2D eigenvalue weighted by Crippen LogP contribution is -2.22. The number of nitrogen functional groups attached to an aromatic ring is 1. The van der Waals surface area contributed by atoms with Crippen molar-refractivity contribution in [1.82, 2.24) is 24.7 Å². The van der Waals surface area contributed by atoms with Crippen molar-refractivity contribution in [3.8, 4) is 0 Å². The standard InChI is InChI=1S/C12H18N8/c1-19-8-9(7-15-19)6-14-11-16-10(13)17-12(18-11)20-4-2-3-5-20/h7-8H,2-6H2,1H3,(H3,13,14,16,17,18). The molecule has 8 nitrogen and oxygen atoms in total. The van der Waals surface area contributed by atoms with E-state index < -0.39 is 0 Å². The third kappa shape index (κ3) is 2.79. The van der Waals surface area contributed by atoms with Gasteiger partial charge in [0.2, 0.25) is 17.8 Å². The molecule has 3 N–H and O–H groups in total. The minimum absolute atomic E-state index is 0.246. The highest BCUT2D eigenvalue weighted by atomic mass is 15.3. The van der Waals surface area contributed by atoms with E-state index in [-0.39, 0.29) is 5.95 Å². The molecule has 0 aliphatic carbocycles. The van der Waals surface area contributed by atoms with Crippen LogP contribution in [0.15, 0.2) is 12.4 Å². The SMILES string of the molecule is Cn1cc(CNc2nc(N)nc(N3CCCC3)n2)cn1. The highest BCUT2D eigenvalue weighted by Gasteiger charge is 2.16. The van der Waals surface area contributed by atoms with Crippen LogP contribution in [0.4, 0.5) is 17.8 Å². The fourth-order valence-corrected chi connectivity index (χ4v) is 2.26. The summed E-state index contributed by atoms with van der Waals surface area (Å²) in [7, 11) is 1.88. The molecule has 0 aromatic carbocycles. The fraction of sp³-hybridized carbons (Fsp3) is 0.500. The first kappa shape index (κ1) is 12.6. The van der Waals surface area contributed by atoms with Crippen molar-refractivity contribution in [2.24, 2.45) is 7.05 Å². The summed E-state index contributed by atoms with van der Waals surface area (Å²) >= 11 is 0. The number of nitrogens with two attached hydrogens (primary N) is 1. The fourth-order valence-electron chi connectivity index (χ4n) is 2.26. The van der Waals surface area contributed by atoms with Crippen LogP contribution in [-0.4, -0.2) is 37.8 Å². The molecule has 8 heteroatoms. The van der Waals surface area contributed by atoms with Gasteiger partial charge < -0.3 is 16.0 Å². The molecule has 106 valence electrons. The molecule has 1 saturated heterocycles. The van der Waals surface area contributed by atoms with Crippen molar-refractivity contribution in [2.45, 2.75) is 19.4 Å². The molecule has 1 fully saturated rings. The number of rotatable bonds is 4. The average molecular weight is 274 g/mol. The molecule has 3 rings (SSSR count). The van der Waals surface area contributed by atoms with E-state index in [1.54, 1.807) is 10.9 Å². The molecule has 0 spiro atoms. The van der Waals surface area contributed by atoms with Gasteiger partial charge in [-0.15, -0.1) is 0 Å². The van der Waals surface area contributed by atoms with E-state index >= 15 is 0 Å². The van der Waals surface area contributed by atoms with Gasteiger partial charge in [0.25, 0.3) is 0 Å². The van der Waals surface area contributed by atoms with Crippen molar-refractivity contribution >= 4 is 17.8 Å². The molecule has 2 aromatic rings. The summed E-state index contributed by atoms with van der Waals surface area (Å²) in [5.41, 5.74) is 6.82. The molecule has 0 radical (unpaired) electrons. The molecular weight excluding hydrogens is 256 g/mol. The number of anilines is 3. The van der Waals surface area contributed by atoms with E-state index in [9.17, 15) is 0 Å². The van der Waals surface area contributed by atoms with Gasteiger partial charge in [-0.25, -0.2) is 0 Å². The summed E-state index contributed by atoms with van der Waals surface area (Å²) in [6.07, 6.45) is 6.09. The van der Waals surface area contributed by atoms with Gasteiger partial charge in [-0.1, -0.05) is 0 Å². The Hall–Kier alpha value is -2.38. The number of nitrogens with zero attached hydrogens (tertiary/aromatic N) is 6. The maximum Gasteiger partial charge on any atom is 0.231 e. The van der Waals surface area contributed by atoms with Gasteiger partial charge in [0, 0.05) is 38.4 Å². The van der Waals surface area contributed by atoms with E-state index in [1.807, 2.05) is 13.2 Å². The average Bonchev–Trinajstić information content (AvgIpc) is 3.07. The van der Waals surface area contributed by atoms with Crippen LogP contribution in [0.3, 0.4) is 0 Å². The summed E-state index contributed by atoms with van der Waals surface area (Å²) < 4.78 is 1.76. The van der Waals surface area contributed by atoms with Gasteiger partial charge in [0.1, 0.15) is 0 Å². The number of aromatic nitrogens is 5. The summed E-state index contributed by atoms with van der Waals surface area (Å²) in [6, 6.07) is 0. The first-order valence-corrected chi connectivity index (χ1v) is 6.68. The quantitative estimate of drug-likeness (QED) is 0.832. The summed E-state index contributed by atoms with van der Waals surface area (Å²) in [5, 5.41) is 7.27. The molecule has 0 atom stereocenters. The lowest BCUT2D eigenvalue weighted by molar-refractivity contribution is 0.767. The largest absolute Gasteiger partial charge is 0.368 e. The number of aryl methyl sites for hydroxylation is 1. The Kier molecular flexibility index (Phi) is 3.36. The number of hydrogen-bond donors (Lipinski definition) is 2. The molecule has 0 bridgehead atoms. The zero-order valence-corrected chi connectivity index (χ0v) is 11.5. The zero-order chi connectivity index (χ0) is 13.9. The molecule has 0 unspecified atom stereocenters. The van der Waals surface area contributed by atoms with Crippen molar-refractivity contribution in [1.29, 1.82) is 0 Å². The number of nitrogens with one attached hydrogen (secondary N) is 1. The molecule has 20 heavy (non-hydrogen) atoms. The Labute approximate surface area is 117 Å². The topological polar surface area (TPSA) is 97.8 Å². The van der Waals surface area contributed by atoms with Gasteiger partial charge in [-0.3, -0.25) is 4.68 Å². The van der Waals surface area contributed by atoms with Crippen LogP contribution in [0, 0.1) is 0 Å². The highest BCUT2D eigenvalue weighted by molar-refractivity contribution is 5.42. The van der Waals surface area contributed by atoms with Gasteiger partial charge in [-0.05, 0) is 12.8 Å². The Bertz CT molecular complexity index is 587. The predicted molar refractivity (Wildman–Crippen MR) is 76.2 cm³/mol. The smallest absolute Gasteiger partial charge is 0.231 e. The van der Waals surface area contributed by atoms with E-state index in [4.69, 9.17) is 5.73 Å². The summed E-state index contributed by atoms with van der Waals surface area (Å²) in [6.45, 7) is 2.56. The van der Waals surface area contributed by atoms with Crippen LogP contribution in [0.25, 0.3) is 0 Å². The van der Waals surface area contributed by atoms with E-state index in [0.29, 0.717) is 18.4 Å². The highest BCUT2D eigenvalue weighted by Crippen LogP contribution is 2.17. The molecule has 1 aliphatic heterocycles. The van der Waals surface area contributed by atoms with Gasteiger partial charge in [-0.2, -0.15) is 20.1 Å². The molecule has 1 aliphatic rings. The first-order valence-electron chi connectivity index (χ1n) is 6.68. The van der Waals surface area contributed by atoms with Gasteiger partial charge in [0.15, 0.2) is 0 Å². The Morgan fingerprint density at radius 2 is 2.05 bits per heavy atom. The third-order valence-electron chi connectivity index (χ3n) is 3.24. The molecule has 0 amide bonds. The van der Waals surface area contributed by atoms with Crippen molar-refractivity contribution in [3.63, 3.8) is 0 Å². The maximum absolute atomic E-state index is 5.75. The van der Waals surface area contributed by atoms with Crippen LogP contribution < -0.4 is 16.0 Å². The van der Waals surface area contributed by atoms with E-state index in [0.717, 1.165) is 18.7 Å². The van der Waals surface area contributed by atoms with Crippen molar-refractivity contribution in [2.75, 3.05) is 29.0 Å². The lowest BCUT2D eigenvalue weighted by atomic mass is 10.4. The Morgan fingerprint density at radius 3 is 2.75 bits per heavy atom. The van der Waals surface area contributed by atoms with Crippen molar-refractivity contribution in [3.05, 3.63) is 18.0 Å². The van der Waals surface area contributed by atoms with Crippen LogP contribution in [0.5, 0.6) is 0 Å². The second kappa shape index (κ2) is 5.32. The van der Waals surface area contributed by atoms with Gasteiger partial charge in [0.05, 0.1) is 6.20 Å². The Balaban J connectivity index is 1.72. The van der Waals surface area contributed by atoms with E-state index in [2.05, 4.69) is 30.3 Å². The molecular formula is C12H18N8.